The lowest BCUT2D eigenvalue weighted by Crippen LogP contribution is -2.58. The van der Waals surface area contributed by atoms with E-state index in [0.717, 1.165) is 32.1 Å². The van der Waals surface area contributed by atoms with Gasteiger partial charge in [-0.25, -0.2) is 0 Å². The predicted octanol–water partition coefficient (Wildman–Crippen LogP) is 3.01. The average Bonchev–Trinajstić information content (AvgIpc) is 2.36. The van der Waals surface area contributed by atoms with Gasteiger partial charge in [-0.15, -0.1) is 12.4 Å². The van der Waals surface area contributed by atoms with E-state index in [2.05, 4.69) is 19.2 Å². The third kappa shape index (κ3) is 3.85. The molecule has 3 N–H and O–H groups in total. The van der Waals surface area contributed by atoms with E-state index in [9.17, 15) is 4.79 Å². The Hall–Kier alpha value is -0.280. The van der Waals surface area contributed by atoms with E-state index in [0.29, 0.717) is 17.9 Å². The van der Waals surface area contributed by atoms with Gasteiger partial charge in [0.15, 0.2) is 0 Å². The minimum Gasteiger partial charge on any atom is -0.351 e. The van der Waals surface area contributed by atoms with E-state index in [4.69, 9.17) is 5.73 Å². The van der Waals surface area contributed by atoms with Crippen molar-refractivity contribution in [3.05, 3.63) is 0 Å². The molecule has 0 aromatic carbocycles. The third-order valence-electron chi connectivity index (χ3n) is 5.22. The minimum absolute atomic E-state index is 0. The normalized spacial score (nSPS) is 34.2. The summed E-state index contributed by atoms with van der Waals surface area (Å²) in [4.78, 5) is 12.4. The number of nitrogens with one attached hydrogen (secondary N) is 1. The molecule has 0 radical (unpaired) electrons. The summed E-state index contributed by atoms with van der Waals surface area (Å²) >= 11 is 0. The molecule has 1 amide bonds. The number of hydrogen-bond donors (Lipinski definition) is 2. The van der Waals surface area contributed by atoms with E-state index in [1.165, 1.54) is 19.3 Å². The second kappa shape index (κ2) is 6.94. The average molecular weight is 289 g/mol. The van der Waals surface area contributed by atoms with Crippen molar-refractivity contribution in [2.75, 3.05) is 0 Å². The quantitative estimate of drug-likeness (QED) is 0.821. The van der Waals surface area contributed by atoms with Crippen LogP contribution in [0.15, 0.2) is 0 Å². The number of halogens is 1. The van der Waals surface area contributed by atoms with Crippen LogP contribution in [0.1, 0.15) is 65.2 Å². The molecule has 2 saturated carbocycles. The van der Waals surface area contributed by atoms with Crippen LogP contribution in [0.3, 0.4) is 0 Å². The molecule has 0 bridgehead atoms. The van der Waals surface area contributed by atoms with Gasteiger partial charge in [-0.3, -0.25) is 4.79 Å². The lowest BCUT2D eigenvalue weighted by atomic mass is 9.77. The summed E-state index contributed by atoms with van der Waals surface area (Å²) in [5.41, 5.74) is 5.70. The van der Waals surface area contributed by atoms with Crippen molar-refractivity contribution in [2.24, 2.45) is 17.6 Å². The van der Waals surface area contributed by atoms with Crippen molar-refractivity contribution in [1.82, 2.24) is 5.32 Å². The summed E-state index contributed by atoms with van der Waals surface area (Å²) in [7, 11) is 0. The number of hydrogen-bond acceptors (Lipinski definition) is 2. The Labute approximate surface area is 123 Å². The van der Waals surface area contributed by atoms with E-state index in [1.807, 2.05) is 0 Å². The van der Waals surface area contributed by atoms with Crippen LogP contribution in [0.5, 0.6) is 0 Å². The third-order valence-corrected chi connectivity index (χ3v) is 5.22. The van der Waals surface area contributed by atoms with Gasteiger partial charge in [0.05, 0.1) is 5.54 Å². The fourth-order valence-corrected chi connectivity index (χ4v) is 3.51. The lowest BCUT2D eigenvalue weighted by molar-refractivity contribution is -0.129. The Morgan fingerprint density at radius 1 is 1.11 bits per heavy atom. The molecule has 0 saturated heterocycles. The van der Waals surface area contributed by atoms with E-state index in [1.54, 1.807) is 0 Å². The van der Waals surface area contributed by atoms with Gasteiger partial charge in [0.25, 0.3) is 0 Å². The monoisotopic (exact) mass is 288 g/mol. The maximum atomic E-state index is 12.4. The molecule has 2 fully saturated rings. The number of rotatable bonds is 2. The van der Waals surface area contributed by atoms with Crippen molar-refractivity contribution in [2.45, 2.75) is 76.8 Å². The minimum atomic E-state index is -0.585. The highest BCUT2D eigenvalue weighted by Crippen LogP contribution is 2.31. The van der Waals surface area contributed by atoms with E-state index in [-0.39, 0.29) is 18.3 Å². The van der Waals surface area contributed by atoms with Gasteiger partial charge >= 0.3 is 0 Å². The van der Waals surface area contributed by atoms with Crippen LogP contribution in [-0.4, -0.2) is 17.5 Å². The van der Waals surface area contributed by atoms with Gasteiger partial charge in [-0.05, 0) is 31.1 Å². The Bertz CT molecular complexity index is 303. The number of nitrogens with two attached hydrogens (primary N) is 1. The fourth-order valence-electron chi connectivity index (χ4n) is 3.51. The molecule has 3 atom stereocenters. The van der Waals surface area contributed by atoms with Gasteiger partial charge in [-0.2, -0.15) is 0 Å². The molecule has 2 rings (SSSR count). The van der Waals surface area contributed by atoms with Crippen LogP contribution < -0.4 is 11.1 Å². The topological polar surface area (TPSA) is 55.1 Å². The van der Waals surface area contributed by atoms with Crippen molar-refractivity contribution >= 4 is 18.3 Å². The smallest absolute Gasteiger partial charge is 0.240 e. The van der Waals surface area contributed by atoms with Crippen LogP contribution in [0, 0.1) is 11.8 Å². The van der Waals surface area contributed by atoms with Crippen molar-refractivity contribution < 1.29 is 4.79 Å². The summed E-state index contributed by atoms with van der Waals surface area (Å²) < 4.78 is 0. The second-order valence-electron chi connectivity index (χ2n) is 6.56. The number of carbonyl (C=O) groups excluding carboxylic acids is 1. The SMILES string of the molecule is CC1CCCC(NC(=O)C2(N)CCCCC2)C1C.Cl. The Kier molecular flexibility index (Phi) is 6.13. The van der Waals surface area contributed by atoms with Gasteiger partial charge in [0, 0.05) is 6.04 Å². The van der Waals surface area contributed by atoms with Crippen LogP contribution >= 0.6 is 12.4 Å². The number of carbonyl (C=O) groups is 1. The van der Waals surface area contributed by atoms with Crippen molar-refractivity contribution in [3.63, 3.8) is 0 Å². The first kappa shape index (κ1) is 16.8. The Morgan fingerprint density at radius 3 is 2.37 bits per heavy atom. The standard InChI is InChI=1S/C15H28N2O.ClH/c1-11-7-6-8-13(12(11)2)17-14(18)15(16)9-4-3-5-10-15;/h11-13H,3-10,16H2,1-2H3,(H,17,18);1H. The number of amides is 1. The molecular formula is C15H29ClN2O. The zero-order valence-electron chi connectivity index (χ0n) is 12.3. The van der Waals surface area contributed by atoms with Crippen LogP contribution in [-0.2, 0) is 4.79 Å². The first-order valence-electron chi connectivity index (χ1n) is 7.63. The van der Waals surface area contributed by atoms with E-state index >= 15 is 0 Å². The summed E-state index contributed by atoms with van der Waals surface area (Å²) in [6.45, 7) is 4.56. The molecule has 3 nitrogen and oxygen atoms in total. The van der Waals surface area contributed by atoms with Gasteiger partial charge < -0.3 is 11.1 Å². The van der Waals surface area contributed by atoms with Gasteiger partial charge in [0.2, 0.25) is 5.91 Å². The summed E-state index contributed by atoms with van der Waals surface area (Å²) in [6, 6.07) is 0.337. The maximum Gasteiger partial charge on any atom is 0.240 e. The fraction of sp³-hybridized carbons (Fsp3) is 0.933. The molecule has 0 aromatic heterocycles. The van der Waals surface area contributed by atoms with Crippen molar-refractivity contribution in [1.29, 1.82) is 0 Å². The highest BCUT2D eigenvalue weighted by molar-refractivity contribution is 5.86. The van der Waals surface area contributed by atoms with E-state index < -0.39 is 5.54 Å². The highest BCUT2D eigenvalue weighted by Gasteiger charge is 2.38. The van der Waals surface area contributed by atoms with Gasteiger partial charge in [0.1, 0.15) is 0 Å². The highest BCUT2D eigenvalue weighted by atomic mass is 35.5. The van der Waals surface area contributed by atoms with Crippen LogP contribution in [0.2, 0.25) is 0 Å². The first-order chi connectivity index (χ1) is 8.53. The maximum absolute atomic E-state index is 12.4. The molecule has 2 aliphatic rings. The first-order valence-corrected chi connectivity index (χ1v) is 7.63. The molecule has 112 valence electrons. The largest absolute Gasteiger partial charge is 0.351 e. The second-order valence-corrected chi connectivity index (χ2v) is 6.56. The van der Waals surface area contributed by atoms with Crippen molar-refractivity contribution in [3.8, 4) is 0 Å². The zero-order chi connectivity index (χ0) is 13.2. The molecule has 4 heteroatoms. The van der Waals surface area contributed by atoms with Crippen LogP contribution in [0.25, 0.3) is 0 Å². The predicted molar refractivity (Wildman–Crippen MR) is 81.4 cm³/mol. The molecule has 3 unspecified atom stereocenters. The summed E-state index contributed by atoms with van der Waals surface area (Å²) in [6.07, 6.45) is 8.78. The molecule has 2 aliphatic carbocycles. The summed E-state index contributed by atoms with van der Waals surface area (Å²) in [5.74, 6) is 1.40. The molecule has 19 heavy (non-hydrogen) atoms. The molecule has 0 spiro atoms. The van der Waals surface area contributed by atoms with Crippen LogP contribution in [0.4, 0.5) is 0 Å². The molecule has 0 aromatic rings. The zero-order valence-corrected chi connectivity index (χ0v) is 13.1. The summed E-state index contributed by atoms with van der Waals surface area (Å²) in [5, 5.41) is 3.25. The Morgan fingerprint density at radius 2 is 1.74 bits per heavy atom. The molecule has 0 heterocycles. The molecular weight excluding hydrogens is 260 g/mol. The lowest BCUT2D eigenvalue weighted by Gasteiger charge is -2.38. The van der Waals surface area contributed by atoms with Gasteiger partial charge in [-0.1, -0.05) is 46.0 Å². The Balaban J connectivity index is 0.00000180. The molecule has 0 aliphatic heterocycles.